The summed E-state index contributed by atoms with van der Waals surface area (Å²) in [6, 6.07) is 1.50. The van der Waals surface area contributed by atoms with Gasteiger partial charge in [-0.25, -0.2) is 17.2 Å². The fourth-order valence-electron chi connectivity index (χ4n) is 2.48. The fraction of sp³-hybridized carbons (Fsp3) is 0.538. The molecule has 0 radical (unpaired) electrons. The van der Waals surface area contributed by atoms with Crippen molar-refractivity contribution in [1.29, 1.82) is 0 Å². The third kappa shape index (κ3) is 3.44. The zero-order valence-corrected chi connectivity index (χ0v) is 14.3. The Hall–Kier alpha value is -0.570. The van der Waals surface area contributed by atoms with E-state index in [9.17, 15) is 17.2 Å². The smallest absolute Gasteiger partial charge is 0.247 e. The Kier molecular flexibility index (Phi) is 4.45. The molecule has 1 aromatic carbocycles. The number of hydrogen-bond donors (Lipinski definition) is 0. The molecule has 0 amide bonds. The lowest BCUT2D eigenvalue weighted by molar-refractivity contribution is -0.109. The summed E-state index contributed by atoms with van der Waals surface area (Å²) in [6.45, 7) is 5.50. The van der Waals surface area contributed by atoms with Gasteiger partial charge >= 0.3 is 0 Å². The van der Waals surface area contributed by atoms with Gasteiger partial charge in [-0.05, 0) is 42.8 Å². The maximum atomic E-state index is 13.9. The summed E-state index contributed by atoms with van der Waals surface area (Å²) >= 11 is 2.93. The Balaban J connectivity index is 2.48. The molecule has 1 unspecified atom stereocenters. The Morgan fingerprint density at radius 2 is 2.00 bits per heavy atom. The van der Waals surface area contributed by atoms with Crippen molar-refractivity contribution in [3.63, 3.8) is 0 Å². The molecule has 0 N–H and O–H groups in total. The third-order valence-electron chi connectivity index (χ3n) is 3.10. The lowest BCUT2D eigenvalue weighted by Crippen LogP contribution is -2.53. The first kappa shape index (κ1) is 16.8. The summed E-state index contributed by atoms with van der Waals surface area (Å²) in [4.78, 5) is -0.547. The number of morpholine rings is 1. The van der Waals surface area contributed by atoms with E-state index in [-0.39, 0.29) is 23.7 Å². The molecule has 1 heterocycles. The van der Waals surface area contributed by atoms with Crippen LogP contribution < -0.4 is 0 Å². The molecule has 1 aliphatic heterocycles. The predicted octanol–water partition coefficient (Wildman–Crippen LogP) is 2.92. The van der Waals surface area contributed by atoms with Crippen LogP contribution in [0.1, 0.15) is 20.8 Å². The van der Waals surface area contributed by atoms with Gasteiger partial charge in [0.05, 0.1) is 11.7 Å². The van der Waals surface area contributed by atoms with Gasteiger partial charge < -0.3 is 4.74 Å². The van der Waals surface area contributed by atoms with Gasteiger partial charge in [0.25, 0.3) is 0 Å². The third-order valence-corrected chi connectivity index (χ3v) is 5.88. The summed E-state index contributed by atoms with van der Waals surface area (Å²) in [5.74, 6) is -1.95. The van der Waals surface area contributed by atoms with Gasteiger partial charge in [-0.3, -0.25) is 0 Å². The number of sulfonamides is 1. The number of hydrogen-bond acceptors (Lipinski definition) is 3. The molecule has 0 bridgehead atoms. The number of nitrogens with zero attached hydrogens (tertiary/aromatic N) is 1. The molecule has 0 spiro atoms. The number of rotatable bonds is 2. The summed E-state index contributed by atoms with van der Waals surface area (Å²) in [5, 5.41) is 0. The topological polar surface area (TPSA) is 46.6 Å². The molecule has 1 fully saturated rings. The van der Waals surface area contributed by atoms with Crippen molar-refractivity contribution in [3.05, 3.63) is 28.2 Å². The molecule has 4 nitrogen and oxygen atoms in total. The zero-order chi connectivity index (χ0) is 16.0. The van der Waals surface area contributed by atoms with Gasteiger partial charge in [-0.15, -0.1) is 0 Å². The number of benzene rings is 1. The zero-order valence-electron chi connectivity index (χ0n) is 11.9. The Labute approximate surface area is 131 Å². The van der Waals surface area contributed by atoms with E-state index in [2.05, 4.69) is 15.9 Å². The van der Waals surface area contributed by atoms with Crippen LogP contribution in [0.4, 0.5) is 8.78 Å². The second-order valence-corrected chi connectivity index (χ2v) is 8.41. The summed E-state index contributed by atoms with van der Waals surface area (Å²) < 4.78 is 59.1. The molecule has 1 saturated heterocycles. The average molecular weight is 384 g/mol. The average Bonchev–Trinajstić information content (AvgIpc) is 2.23. The first-order chi connectivity index (χ1) is 9.53. The van der Waals surface area contributed by atoms with E-state index in [1.165, 1.54) is 4.31 Å². The van der Waals surface area contributed by atoms with Crippen molar-refractivity contribution >= 4 is 26.0 Å². The van der Waals surface area contributed by atoms with Gasteiger partial charge in [0.1, 0.15) is 16.5 Å². The quantitative estimate of drug-likeness (QED) is 0.788. The van der Waals surface area contributed by atoms with E-state index in [1.807, 2.05) is 0 Å². The van der Waals surface area contributed by atoms with Crippen LogP contribution in [0.25, 0.3) is 0 Å². The Morgan fingerprint density at radius 3 is 2.52 bits per heavy atom. The van der Waals surface area contributed by atoms with E-state index >= 15 is 0 Å². The molecule has 1 atom stereocenters. The van der Waals surface area contributed by atoms with Crippen molar-refractivity contribution in [3.8, 4) is 0 Å². The molecular formula is C13H16BrF2NO3S. The molecule has 1 aromatic rings. The van der Waals surface area contributed by atoms with Crippen molar-refractivity contribution in [2.75, 3.05) is 13.1 Å². The number of halogens is 3. The summed E-state index contributed by atoms with van der Waals surface area (Å²) in [5.41, 5.74) is -0.673. The highest BCUT2D eigenvalue weighted by atomic mass is 79.9. The first-order valence-electron chi connectivity index (χ1n) is 6.35. The molecule has 0 saturated carbocycles. The lowest BCUT2D eigenvalue weighted by Gasteiger charge is -2.40. The molecule has 21 heavy (non-hydrogen) atoms. The highest BCUT2D eigenvalue weighted by molar-refractivity contribution is 9.10. The minimum absolute atomic E-state index is 0.100. The fourth-order valence-corrected chi connectivity index (χ4v) is 5.26. The second kappa shape index (κ2) is 5.57. The van der Waals surface area contributed by atoms with Crippen molar-refractivity contribution in [2.24, 2.45) is 0 Å². The molecule has 2 rings (SSSR count). The second-order valence-electron chi connectivity index (χ2n) is 5.68. The van der Waals surface area contributed by atoms with Gasteiger partial charge in [-0.2, -0.15) is 4.31 Å². The molecule has 0 aromatic heterocycles. The van der Waals surface area contributed by atoms with Crippen LogP contribution in [-0.4, -0.2) is 37.5 Å². The monoisotopic (exact) mass is 383 g/mol. The first-order valence-corrected chi connectivity index (χ1v) is 8.59. The SMILES string of the molecule is CC1CN(S(=O)(=O)c2c(F)cc(F)cc2Br)CC(C)(C)O1. The predicted molar refractivity (Wildman–Crippen MR) is 77.4 cm³/mol. The van der Waals surface area contributed by atoms with Crippen molar-refractivity contribution in [2.45, 2.75) is 37.4 Å². The van der Waals surface area contributed by atoms with E-state index in [1.54, 1.807) is 20.8 Å². The van der Waals surface area contributed by atoms with Crippen LogP contribution in [0.15, 0.2) is 21.5 Å². The van der Waals surface area contributed by atoms with Crippen LogP contribution in [0.2, 0.25) is 0 Å². The lowest BCUT2D eigenvalue weighted by atomic mass is 10.1. The normalized spacial score (nSPS) is 23.2. The van der Waals surface area contributed by atoms with E-state index in [0.29, 0.717) is 6.07 Å². The van der Waals surface area contributed by atoms with Crippen LogP contribution >= 0.6 is 15.9 Å². The number of ether oxygens (including phenoxy) is 1. The molecule has 0 aliphatic carbocycles. The van der Waals surface area contributed by atoms with Crippen molar-refractivity contribution in [1.82, 2.24) is 4.31 Å². The molecular weight excluding hydrogens is 368 g/mol. The minimum atomic E-state index is -4.08. The van der Waals surface area contributed by atoms with Crippen molar-refractivity contribution < 1.29 is 21.9 Å². The minimum Gasteiger partial charge on any atom is -0.370 e. The van der Waals surface area contributed by atoms with Gasteiger partial charge in [0.15, 0.2) is 0 Å². The van der Waals surface area contributed by atoms with Gasteiger partial charge in [0, 0.05) is 23.6 Å². The maximum Gasteiger partial charge on any atom is 0.247 e. The van der Waals surface area contributed by atoms with Gasteiger partial charge in [0.2, 0.25) is 10.0 Å². The molecule has 8 heteroatoms. The summed E-state index contributed by atoms with van der Waals surface area (Å²) in [7, 11) is -4.08. The van der Waals surface area contributed by atoms with Crippen LogP contribution in [0.3, 0.4) is 0 Å². The van der Waals surface area contributed by atoms with Crippen LogP contribution in [0, 0.1) is 11.6 Å². The van der Waals surface area contributed by atoms with E-state index < -0.39 is 32.2 Å². The molecule has 1 aliphatic rings. The Bertz CT molecular complexity index is 640. The van der Waals surface area contributed by atoms with Crippen LogP contribution in [-0.2, 0) is 14.8 Å². The van der Waals surface area contributed by atoms with Gasteiger partial charge in [-0.1, -0.05) is 0 Å². The maximum absolute atomic E-state index is 13.9. The standard InChI is InChI=1S/C13H16BrF2NO3S/c1-8-6-17(7-13(2,3)20-8)21(18,19)12-10(14)4-9(15)5-11(12)16/h4-5,8H,6-7H2,1-3H3. The van der Waals surface area contributed by atoms with E-state index in [0.717, 1.165) is 6.07 Å². The van der Waals surface area contributed by atoms with Crippen LogP contribution in [0.5, 0.6) is 0 Å². The highest BCUT2D eigenvalue weighted by Gasteiger charge is 2.39. The largest absolute Gasteiger partial charge is 0.370 e. The Morgan fingerprint density at radius 1 is 1.38 bits per heavy atom. The van der Waals surface area contributed by atoms with E-state index in [4.69, 9.17) is 4.74 Å². The highest BCUT2D eigenvalue weighted by Crippen LogP contribution is 2.32. The summed E-state index contributed by atoms with van der Waals surface area (Å²) in [6.07, 6.45) is -0.314. The molecule has 118 valence electrons.